The predicted octanol–water partition coefficient (Wildman–Crippen LogP) is 6.75. The Morgan fingerprint density at radius 2 is 1.72 bits per heavy atom. The SMILES string of the molecule is O=C(N/N=C\c1ccc(OCc2ccc(Cl)cc2)c(Br)c1)c1ccc(Cl)cc1Cl. The van der Waals surface area contributed by atoms with Gasteiger partial charge in [-0.15, -0.1) is 0 Å². The number of hydrogen-bond donors (Lipinski definition) is 1. The molecule has 1 N–H and O–H groups in total. The van der Waals surface area contributed by atoms with Gasteiger partial charge in [0.15, 0.2) is 0 Å². The molecule has 0 radical (unpaired) electrons. The summed E-state index contributed by atoms with van der Waals surface area (Å²) in [5.41, 5.74) is 4.52. The standard InChI is InChI=1S/C21H14BrCl3N2O2/c22-18-9-14(3-8-20(18)29-12-13-1-4-15(23)5-2-13)11-26-27-21(28)17-7-6-16(24)10-19(17)25/h1-11H,12H2,(H,27,28)/b26-11-. The van der Waals surface area contributed by atoms with Crippen molar-refractivity contribution in [1.82, 2.24) is 5.43 Å². The first-order valence-electron chi connectivity index (χ1n) is 8.37. The summed E-state index contributed by atoms with van der Waals surface area (Å²) in [5, 5.41) is 5.36. The number of nitrogens with zero attached hydrogens (tertiary/aromatic N) is 1. The maximum Gasteiger partial charge on any atom is 0.272 e. The van der Waals surface area contributed by atoms with E-state index in [-0.39, 0.29) is 5.02 Å². The normalized spacial score (nSPS) is 10.9. The van der Waals surface area contributed by atoms with Crippen molar-refractivity contribution >= 4 is 62.9 Å². The zero-order chi connectivity index (χ0) is 20.8. The van der Waals surface area contributed by atoms with Crippen LogP contribution in [0.5, 0.6) is 5.75 Å². The smallest absolute Gasteiger partial charge is 0.272 e. The topological polar surface area (TPSA) is 50.7 Å². The van der Waals surface area contributed by atoms with Crippen molar-refractivity contribution in [2.24, 2.45) is 5.10 Å². The molecule has 0 heterocycles. The Kier molecular flexibility index (Phi) is 7.56. The van der Waals surface area contributed by atoms with E-state index in [1.807, 2.05) is 42.5 Å². The highest BCUT2D eigenvalue weighted by molar-refractivity contribution is 9.10. The van der Waals surface area contributed by atoms with Crippen LogP contribution >= 0.6 is 50.7 Å². The fourth-order valence-electron chi connectivity index (χ4n) is 2.36. The summed E-state index contributed by atoms with van der Waals surface area (Å²) >= 11 is 21.2. The molecule has 0 aliphatic heterocycles. The maximum atomic E-state index is 12.1. The number of nitrogens with one attached hydrogen (secondary N) is 1. The second kappa shape index (κ2) is 10.1. The summed E-state index contributed by atoms with van der Waals surface area (Å²) in [6, 6.07) is 17.6. The Morgan fingerprint density at radius 3 is 2.41 bits per heavy atom. The van der Waals surface area contributed by atoms with E-state index < -0.39 is 5.91 Å². The molecule has 0 spiro atoms. The van der Waals surface area contributed by atoms with Crippen LogP contribution in [0.15, 0.2) is 70.2 Å². The first-order chi connectivity index (χ1) is 13.9. The second-order valence-electron chi connectivity index (χ2n) is 5.93. The van der Waals surface area contributed by atoms with Gasteiger partial charge in [0.25, 0.3) is 5.91 Å². The van der Waals surface area contributed by atoms with E-state index in [1.54, 1.807) is 12.1 Å². The molecule has 0 bridgehead atoms. The van der Waals surface area contributed by atoms with E-state index in [2.05, 4.69) is 26.5 Å². The summed E-state index contributed by atoms with van der Waals surface area (Å²) in [5.74, 6) is 0.263. The molecule has 8 heteroatoms. The minimum Gasteiger partial charge on any atom is -0.488 e. The number of benzene rings is 3. The van der Waals surface area contributed by atoms with Crippen molar-refractivity contribution in [3.63, 3.8) is 0 Å². The summed E-state index contributed by atoms with van der Waals surface area (Å²) in [4.78, 5) is 12.1. The largest absolute Gasteiger partial charge is 0.488 e. The van der Waals surface area contributed by atoms with E-state index in [1.165, 1.54) is 12.3 Å². The van der Waals surface area contributed by atoms with Crippen LogP contribution in [0.4, 0.5) is 0 Å². The fraction of sp³-hybridized carbons (Fsp3) is 0.0476. The van der Waals surface area contributed by atoms with Crippen LogP contribution in [-0.2, 0) is 6.61 Å². The van der Waals surface area contributed by atoms with Gasteiger partial charge in [0, 0.05) is 10.0 Å². The first kappa shape index (κ1) is 21.7. The van der Waals surface area contributed by atoms with Gasteiger partial charge in [0.2, 0.25) is 0 Å². The van der Waals surface area contributed by atoms with E-state index in [0.717, 1.165) is 15.6 Å². The van der Waals surface area contributed by atoms with Crippen LogP contribution in [0.1, 0.15) is 21.5 Å². The Morgan fingerprint density at radius 1 is 1.00 bits per heavy atom. The van der Waals surface area contributed by atoms with Crippen molar-refractivity contribution in [1.29, 1.82) is 0 Å². The van der Waals surface area contributed by atoms with Crippen LogP contribution in [-0.4, -0.2) is 12.1 Å². The van der Waals surface area contributed by atoms with E-state index in [4.69, 9.17) is 39.5 Å². The Bertz CT molecular complexity index is 1060. The molecular formula is C21H14BrCl3N2O2. The molecule has 0 aromatic heterocycles. The third-order valence-electron chi connectivity index (χ3n) is 3.82. The van der Waals surface area contributed by atoms with E-state index in [9.17, 15) is 4.79 Å². The monoisotopic (exact) mass is 510 g/mol. The number of amides is 1. The maximum absolute atomic E-state index is 12.1. The Hall–Kier alpha value is -2.05. The molecule has 0 aliphatic carbocycles. The number of hydrazone groups is 1. The zero-order valence-corrected chi connectivity index (χ0v) is 18.7. The van der Waals surface area contributed by atoms with Gasteiger partial charge >= 0.3 is 0 Å². The minimum absolute atomic E-state index is 0.259. The molecule has 0 fully saturated rings. The summed E-state index contributed by atoms with van der Waals surface area (Å²) in [7, 11) is 0. The van der Waals surface area contributed by atoms with Crippen LogP contribution < -0.4 is 10.2 Å². The lowest BCUT2D eigenvalue weighted by molar-refractivity contribution is 0.0955. The zero-order valence-electron chi connectivity index (χ0n) is 14.8. The van der Waals surface area contributed by atoms with Gasteiger partial charge in [-0.25, -0.2) is 5.43 Å². The van der Waals surface area contributed by atoms with Gasteiger partial charge in [-0.05, 0) is 75.6 Å². The lowest BCUT2D eigenvalue weighted by Crippen LogP contribution is -2.18. The fourth-order valence-corrected chi connectivity index (χ4v) is 3.49. The molecule has 1 amide bonds. The average molecular weight is 513 g/mol. The molecule has 3 rings (SSSR count). The highest BCUT2D eigenvalue weighted by Gasteiger charge is 2.09. The molecule has 0 unspecified atom stereocenters. The molecule has 3 aromatic rings. The van der Waals surface area contributed by atoms with Gasteiger partial charge in [0.05, 0.1) is 21.3 Å². The van der Waals surface area contributed by atoms with Crippen molar-refractivity contribution in [3.05, 3.63) is 96.9 Å². The van der Waals surface area contributed by atoms with Crippen molar-refractivity contribution in [2.75, 3.05) is 0 Å². The predicted molar refractivity (Wildman–Crippen MR) is 121 cm³/mol. The third-order valence-corrected chi connectivity index (χ3v) is 5.24. The van der Waals surface area contributed by atoms with Crippen molar-refractivity contribution in [2.45, 2.75) is 6.61 Å². The number of rotatable bonds is 6. The van der Waals surface area contributed by atoms with E-state index >= 15 is 0 Å². The molecule has 0 atom stereocenters. The quantitative estimate of drug-likeness (QED) is 0.293. The van der Waals surface area contributed by atoms with Crippen LogP contribution in [0.2, 0.25) is 15.1 Å². The minimum atomic E-state index is -0.426. The second-order valence-corrected chi connectivity index (χ2v) is 8.06. The molecule has 4 nitrogen and oxygen atoms in total. The van der Waals surface area contributed by atoms with Crippen molar-refractivity contribution < 1.29 is 9.53 Å². The van der Waals surface area contributed by atoms with E-state index in [0.29, 0.717) is 28.0 Å². The number of halogens is 4. The molecule has 29 heavy (non-hydrogen) atoms. The summed E-state index contributed by atoms with van der Waals surface area (Å²) in [6.07, 6.45) is 1.52. The Balaban J connectivity index is 1.59. The highest BCUT2D eigenvalue weighted by atomic mass is 79.9. The molecule has 0 saturated carbocycles. The van der Waals surface area contributed by atoms with Crippen LogP contribution in [0.25, 0.3) is 0 Å². The van der Waals surface area contributed by atoms with Gasteiger partial charge < -0.3 is 4.74 Å². The van der Waals surface area contributed by atoms with Gasteiger partial charge in [-0.1, -0.05) is 46.9 Å². The Labute approximate surface area is 191 Å². The lowest BCUT2D eigenvalue weighted by atomic mass is 10.2. The molecule has 0 aliphatic rings. The molecule has 3 aromatic carbocycles. The van der Waals surface area contributed by atoms with Crippen LogP contribution in [0, 0.1) is 0 Å². The molecule has 0 saturated heterocycles. The first-order valence-corrected chi connectivity index (χ1v) is 10.3. The number of ether oxygens (including phenoxy) is 1. The summed E-state index contributed by atoms with van der Waals surface area (Å²) < 4.78 is 6.58. The molecular weight excluding hydrogens is 499 g/mol. The van der Waals surface area contributed by atoms with Crippen LogP contribution in [0.3, 0.4) is 0 Å². The number of hydrogen-bond acceptors (Lipinski definition) is 3. The lowest BCUT2D eigenvalue weighted by Gasteiger charge is -2.09. The van der Waals surface area contributed by atoms with Gasteiger partial charge in [-0.2, -0.15) is 5.10 Å². The highest BCUT2D eigenvalue weighted by Crippen LogP contribution is 2.26. The number of carbonyl (C=O) groups excluding carboxylic acids is 1. The van der Waals surface area contributed by atoms with Crippen molar-refractivity contribution in [3.8, 4) is 5.75 Å². The molecule has 148 valence electrons. The average Bonchev–Trinajstić information content (AvgIpc) is 2.68. The third kappa shape index (κ3) is 6.21. The summed E-state index contributed by atoms with van der Waals surface area (Å²) in [6.45, 7) is 0.418. The van der Waals surface area contributed by atoms with Gasteiger partial charge in [-0.3, -0.25) is 4.79 Å². The van der Waals surface area contributed by atoms with Gasteiger partial charge in [0.1, 0.15) is 12.4 Å². The number of carbonyl (C=O) groups is 1.